The van der Waals surface area contributed by atoms with Gasteiger partial charge in [0.15, 0.2) is 11.6 Å². The summed E-state index contributed by atoms with van der Waals surface area (Å²) in [6.45, 7) is 2.13. The first-order valence-corrected chi connectivity index (χ1v) is 5.93. The summed E-state index contributed by atoms with van der Waals surface area (Å²) in [5.74, 6) is 0.841. The molecule has 0 aliphatic carbocycles. The van der Waals surface area contributed by atoms with Crippen LogP contribution in [-0.4, -0.2) is 12.9 Å². The topological polar surface area (TPSA) is 35.2 Å². The third kappa shape index (κ3) is 3.30. The first kappa shape index (κ1) is 12.2. The Morgan fingerprint density at radius 3 is 2.80 bits per heavy atom. The maximum Gasteiger partial charge on any atom is 0.167 e. The largest absolute Gasteiger partial charge is 0.494 e. The molecule has 1 aromatic rings. The van der Waals surface area contributed by atoms with Crippen molar-refractivity contribution >= 4 is 17.4 Å². The SMILES string of the molecule is CCCCSc1cc(OC)c(F)cc1N. The number of nitrogen functional groups attached to an aromatic ring is 1. The lowest BCUT2D eigenvalue weighted by Crippen LogP contribution is -1.95. The fraction of sp³-hybridized carbons (Fsp3) is 0.455. The van der Waals surface area contributed by atoms with Crippen LogP contribution >= 0.6 is 11.8 Å². The van der Waals surface area contributed by atoms with Gasteiger partial charge in [0.25, 0.3) is 0 Å². The van der Waals surface area contributed by atoms with E-state index in [-0.39, 0.29) is 5.75 Å². The molecule has 0 saturated carbocycles. The zero-order valence-electron chi connectivity index (χ0n) is 9.05. The molecule has 2 N–H and O–H groups in total. The predicted octanol–water partition coefficient (Wildman–Crippen LogP) is 3.31. The summed E-state index contributed by atoms with van der Waals surface area (Å²) < 4.78 is 18.1. The molecule has 0 radical (unpaired) electrons. The summed E-state index contributed by atoms with van der Waals surface area (Å²) in [7, 11) is 1.45. The molecule has 0 unspecified atom stereocenters. The molecule has 1 rings (SSSR count). The van der Waals surface area contributed by atoms with E-state index >= 15 is 0 Å². The Morgan fingerprint density at radius 1 is 1.47 bits per heavy atom. The lowest BCUT2D eigenvalue weighted by Gasteiger charge is -2.08. The molecule has 0 aliphatic heterocycles. The zero-order chi connectivity index (χ0) is 11.3. The fourth-order valence-electron chi connectivity index (χ4n) is 1.16. The number of hydrogen-bond donors (Lipinski definition) is 1. The van der Waals surface area contributed by atoms with Crippen molar-refractivity contribution in [3.8, 4) is 5.75 Å². The average Bonchev–Trinajstić information content (AvgIpc) is 2.21. The maximum atomic E-state index is 13.2. The van der Waals surface area contributed by atoms with E-state index in [4.69, 9.17) is 10.5 Å². The molecule has 4 heteroatoms. The number of hydrogen-bond acceptors (Lipinski definition) is 3. The number of thioether (sulfide) groups is 1. The molecular formula is C11H16FNOS. The van der Waals surface area contributed by atoms with Gasteiger partial charge in [-0.2, -0.15) is 0 Å². The maximum absolute atomic E-state index is 13.2. The Labute approximate surface area is 94.0 Å². The van der Waals surface area contributed by atoms with Crippen molar-refractivity contribution in [3.63, 3.8) is 0 Å². The summed E-state index contributed by atoms with van der Waals surface area (Å²) in [5.41, 5.74) is 6.19. The van der Waals surface area contributed by atoms with Gasteiger partial charge in [0.05, 0.1) is 7.11 Å². The molecule has 0 amide bonds. The molecule has 0 fully saturated rings. The van der Waals surface area contributed by atoms with E-state index in [1.807, 2.05) is 0 Å². The number of methoxy groups -OCH3 is 1. The molecule has 0 spiro atoms. The van der Waals surface area contributed by atoms with Crippen molar-refractivity contribution in [2.75, 3.05) is 18.6 Å². The second-order valence-electron chi connectivity index (χ2n) is 3.23. The van der Waals surface area contributed by atoms with Gasteiger partial charge in [0, 0.05) is 16.6 Å². The van der Waals surface area contributed by atoms with Crippen LogP contribution in [0.2, 0.25) is 0 Å². The van der Waals surface area contributed by atoms with E-state index in [1.54, 1.807) is 17.8 Å². The Hall–Kier alpha value is -0.900. The second kappa shape index (κ2) is 5.85. The van der Waals surface area contributed by atoms with Crippen LogP contribution in [0.15, 0.2) is 17.0 Å². The van der Waals surface area contributed by atoms with Gasteiger partial charge in [-0.25, -0.2) is 4.39 Å². The summed E-state index contributed by atoms with van der Waals surface area (Å²) in [4.78, 5) is 0.890. The number of nitrogens with two attached hydrogens (primary N) is 1. The van der Waals surface area contributed by atoms with Gasteiger partial charge in [-0.05, 0) is 18.2 Å². The molecule has 0 atom stereocenters. The van der Waals surface area contributed by atoms with Crippen molar-refractivity contribution < 1.29 is 9.13 Å². The molecule has 2 nitrogen and oxygen atoms in total. The first-order valence-electron chi connectivity index (χ1n) is 4.94. The van der Waals surface area contributed by atoms with Gasteiger partial charge in [-0.3, -0.25) is 0 Å². The van der Waals surface area contributed by atoms with Crippen molar-refractivity contribution in [1.29, 1.82) is 0 Å². The van der Waals surface area contributed by atoms with Gasteiger partial charge >= 0.3 is 0 Å². The summed E-state index contributed by atoms with van der Waals surface area (Å²) >= 11 is 1.64. The van der Waals surface area contributed by atoms with Crippen molar-refractivity contribution in [3.05, 3.63) is 17.9 Å². The predicted molar refractivity (Wildman–Crippen MR) is 63.0 cm³/mol. The van der Waals surface area contributed by atoms with Gasteiger partial charge in [-0.15, -0.1) is 11.8 Å². The summed E-state index contributed by atoms with van der Waals surface area (Å²) in [6.07, 6.45) is 2.27. The number of anilines is 1. The van der Waals surface area contributed by atoms with Gasteiger partial charge in [0.1, 0.15) is 0 Å². The van der Waals surface area contributed by atoms with E-state index in [9.17, 15) is 4.39 Å². The number of rotatable bonds is 5. The van der Waals surface area contributed by atoms with E-state index in [0.29, 0.717) is 5.69 Å². The van der Waals surface area contributed by atoms with E-state index < -0.39 is 5.82 Å². The average molecular weight is 229 g/mol. The highest BCUT2D eigenvalue weighted by atomic mass is 32.2. The second-order valence-corrected chi connectivity index (χ2v) is 4.36. The minimum Gasteiger partial charge on any atom is -0.494 e. The van der Waals surface area contributed by atoms with Crippen LogP contribution in [0.4, 0.5) is 10.1 Å². The molecule has 0 aromatic heterocycles. The molecule has 0 heterocycles. The quantitative estimate of drug-likeness (QED) is 0.478. The Bertz CT molecular complexity index is 331. The molecule has 84 valence electrons. The minimum atomic E-state index is -0.408. The zero-order valence-corrected chi connectivity index (χ0v) is 9.86. The number of unbranched alkanes of at least 4 members (excludes halogenated alkanes) is 1. The van der Waals surface area contributed by atoms with Gasteiger partial charge in [0.2, 0.25) is 0 Å². The monoisotopic (exact) mass is 229 g/mol. The molecule has 0 bridgehead atoms. The number of ether oxygens (including phenoxy) is 1. The highest BCUT2D eigenvalue weighted by Crippen LogP contribution is 2.31. The van der Waals surface area contributed by atoms with Crippen LogP contribution in [-0.2, 0) is 0 Å². The Balaban J connectivity index is 2.78. The van der Waals surface area contributed by atoms with Crippen LogP contribution in [0.3, 0.4) is 0 Å². The third-order valence-corrected chi connectivity index (χ3v) is 3.20. The summed E-state index contributed by atoms with van der Waals surface area (Å²) in [6, 6.07) is 2.97. The molecule has 15 heavy (non-hydrogen) atoms. The minimum absolute atomic E-state index is 0.253. The van der Waals surface area contributed by atoms with Crippen LogP contribution < -0.4 is 10.5 Å². The first-order chi connectivity index (χ1) is 7.19. The highest BCUT2D eigenvalue weighted by molar-refractivity contribution is 7.99. The van der Waals surface area contributed by atoms with E-state index in [0.717, 1.165) is 23.5 Å². The lowest BCUT2D eigenvalue weighted by atomic mass is 10.3. The fourth-order valence-corrected chi connectivity index (χ4v) is 2.23. The third-order valence-electron chi connectivity index (χ3n) is 2.04. The van der Waals surface area contributed by atoms with Crippen LogP contribution in [0, 0.1) is 5.82 Å². The highest BCUT2D eigenvalue weighted by Gasteiger charge is 2.08. The normalized spacial score (nSPS) is 10.3. The van der Waals surface area contributed by atoms with Gasteiger partial charge in [-0.1, -0.05) is 13.3 Å². The van der Waals surface area contributed by atoms with Crippen LogP contribution in [0.5, 0.6) is 5.75 Å². The Kier molecular flexibility index (Phi) is 4.75. The van der Waals surface area contributed by atoms with Crippen molar-refractivity contribution in [1.82, 2.24) is 0 Å². The van der Waals surface area contributed by atoms with Crippen molar-refractivity contribution in [2.45, 2.75) is 24.7 Å². The smallest absolute Gasteiger partial charge is 0.167 e. The van der Waals surface area contributed by atoms with Crippen LogP contribution in [0.25, 0.3) is 0 Å². The lowest BCUT2D eigenvalue weighted by molar-refractivity contribution is 0.385. The molecular weight excluding hydrogens is 213 g/mol. The molecule has 0 saturated heterocycles. The van der Waals surface area contributed by atoms with Gasteiger partial charge < -0.3 is 10.5 Å². The standard InChI is InChI=1S/C11H16FNOS/c1-3-4-5-15-11-7-10(14-2)8(12)6-9(11)13/h6-7H,3-5,13H2,1-2H3. The van der Waals surface area contributed by atoms with Crippen LogP contribution in [0.1, 0.15) is 19.8 Å². The summed E-state index contributed by atoms with van der Waals surface area (Å²) in [5, 5.41) is 0. The molecule has 0 aliphatic rings. The van der Waals surface area contributed by atoms with E-state index in [1.165, 1.54) is 13.2 Å². The number of halogens is 1. The van der Waals surface area contributed by atoms with Crippen molar-refractivity contribution in [2.24, 2.45) is 0 Å². The molecule has 1 aromatic carbocycles. The van der Waals surface area contributed by atoms with E-state index in [2.05, 4.69) is 6.92 Å². The Morgan fingerprint density at radius 2 is 2.20 bits per heavy atom. The number of benzene rings is 1.